The number of nitrogens with one attached hydrogen (secondary N) is 1. The number of nitrogens with zero attached hydrogens (tertiary/aromatic N) is 5. The molecule has 2 saturated heterocycles. The molecule has 0 amide bonds. The molecular weight excluding hydrogens is 373 g/mol. The maximum atomic E-state index is 12.6. The van der Waals surface area contributed by atoms with Gasteiger partial charge in [0.2, 0.25) is 0 Å². The van der Waals surface area contributed by atoms with Gasteiger partial charge in [0.15, 0.2) is 5.96 Å². The third-order valence-electron chi connectivity index (χ3n) is 5.07. The molecule has 0 spiro atoms. The van der Waals surface area contributed by atoms with E-state index in [0.29, 0.717) is 32.8 Å². The molecule has 0 radical (unpaired) electrons. The number of aryl methyl sites for hydroxylation is 1. The van der Waals surface area contributed by atoms with Crippen LogP contribution in [0.15, 0.2) is 17.4 Å². The number of ether oxygens (including phenoxy) is 1. The highest BCUT2D eigenvalue weighted by atomic mass is 19.4. The Morgan fingerprint density at radius 2 is 2.18 bits per heavy atom. The van der Waals surface area contributed by atoms with Gasteiger partial charge in [-0.2, -0.15) is 18.3 Å². The molecule has 3 rings (SSSR count). The fraction of sp³-hybridized carbons (Fsp3) is 0.778. The number of morpholine rings is 1. The topological polar surface area (TPSA) is 57.9 Å². The average Bonchev–Trinajstić information content (AvgIpc) is 3.26. The quantitative estimate of drug-likeness (QED) is 0.600. The van der Waals surface area contributed by atoms with Crippen molar-refractivity contribution in [2.24, 2.45) is 18.0 Å². The highest BCUT2D eigenvalue weighted by Gasteiger charge is 2.34. The zero-order chi connectivity index (χ0) is 20.1. The summed E-state index contributed by atoms with van der Waals surface area (Å²) in [5.41, 5.74) is 1.03. The summed E-state index contributed by atoms with van der Waals surface area (Å²) in [5.74, 6) is 0.958. The summed E-state index contributed by atoms with van der Waals surface area (Å²) in [5, 5.41) is 7.52. The third kappa shape index (κ3) is 5.84. The van der Waals surface area contributed by atoms with Crippen LogP contribution in [0.4, 0.5) is 13.2 Å². The predicted octanol–water partition coefficient (Wildman–Crippen LogP) is 1.64. The average molecular weight is 402 g/mol. The van der Waals surface area contributed by atoms with Crippen molar-refractivity contribution in [3.05, 3.63) is 18.0 Å². The molecule has 158 valence electrons. The Balaban J connectivity index is 1.58. The van der Waals surface area contributed by atoms with Crippen LogP contribution in [-0.4, -0.2) is 84.1 Å². The summed E-state index contributed by atoms with van der Waals surface area (Å²) < 4.78 is 45.3. The van der Waals surface area contributed by atoms with Gasteiger partial charge in [-0.15, -0.1) is 0 Å². The van der Waals surface area contributed by atoms with E-state index in [4.69, 9.17) is 9.73 Å². The highest BCUT2D eigenvalue weighted by molar-refractivity contribution is 5.80. The number of aliphatic imine (C=N–C) groups is 1. The van der Waals surface area contributed by atoms with Gasteiger partial charge in [0.05, 0.1) is 25.9 Å². The van der Waals surface area contributed by atoms with Crippen LogP contribution < -0.4 is 5.32 Å². The first-order valence-corrected chi connectivity index (χ1v) is 9.76. The molecular formula is C18H29F3N6O. The first kappa shape index (κ1) is 20.9. The number of aromatic nitrogens is 2. The first-order chi connectivity index (χ1) is 13.3. The number of guanidine groups is 1. The largest absolute Gasteiger partial charge is 0.401 e. The van der Waals surface area contributed by atoms with Crippen molar-refractivity contribution in [3.8, 4) is 0 Å². The Hall–Kier alpha value is -1.81. The molecule has 3 heterocycles. The smallest absolute Gasteiger partial charge is 0.370 e. The van der Waals surface area contributed by atoms with E-state index in [2.05, 4.69) is 15.3 Å². The summed E-state index contributed by atoms with van der Waals surface area (Å²) in [6, 6.07) is 0. The molecule has 1 aromatic rings. The van der Waals surface area contributed by atoms with Gasteiger partial charge >= 0.3 is 6.18 Å². The van der Waals surface area contributed by atoms with E-state index < -0.39 is 12.7 Å². The molecule has 2 aliphatic heterocycles. The minimum atomic E-state index is -4.14. The van der Waals surface area contributed by atoms with Gasteiger partial charge in [-0.3, -0.25) is 14.6 Å². The predicted molar refractivity (Wildman–Crippen MR) is 100 cm³/mol. The van der Waals surface area contributed by atoms with Gasteiger partial charge in [-0.05, 0) is 25.8 Å². The minimum absolute atomic E-state index is 0.0694. The van der Waals surface area contributed by atoms with Gasteiger partial charge < -0.3 is 15.0 Å². The molecule has 0 bridgehead atoms. The Morgan fingerprint density at radius 3 is 2.86 bits per heavy atom. The second kappa shape index (κ2) is 9.13. The van der Waals surface area contributed by atoms with Crippen molar-refractivity contribution in [1.82, 2.24) is 24.9 Å². The second-order valence-electron chi connectivity index (χ2n) is 7.45. The minimum Gasteiger partial charge on any atom is -0.370 e. The number of alkyl halides is 3. The van der Waals surface area contributed by atoms with Crippen LogP contribution in [0.5, 0.6) is 0 Å². The maximum Gasteiger partial charge on any atom is 0.401 e. The molecule has 28 heavy (non-hydrogen) atoms. The van der Waals surface area contributed by atoms with Crippen molar-refractivity contribution in [2.45, 2.75) is 25.6 Å². The Kier molecular flexibility index (Phi) is 6.82. The summed E-state index contributed by atoms with van der Waals surface area (Å²) in [7, 11) is 1.87. The summed E-state index contributed by atoms with van der Waals surface area (Å²) in [4.78, 5) is 8.36. The summed E-state index contributed by atoms with van der Waals surface area (Å²) in [6.45, 7) is 5.37. The van der Waals surface area contributed by atoms with Crippen LogP contribution in [-0.2, 0) is 11.8 Å². The van der Waals surface area contributed by atoms with Crippen LogP contribution in [0.3, 0.4) is 0 Å². The lowest BCUT2D eigenvalue weighted by atomic mass is 10.1. The number of hydrogen-bond donors (Lipinski definition) is 1. The molecule has 2 fully saturated rings. The van der Waals surface area contributed by atoms with E-state index in [-0.39, 0.29) is 12.0 Å². The van der Waals surface area contributed by atoms with Gasteiger partial charge in [-0.1, -0.05) is 0 Å². The normalized spacial score (nSPS) is 24.8. The highest BCUT2D eigenvalue weighted by Crippen LogP contribution is 2.24. The van der Waals surface area contributed by atoms with E-state index in [9.17, 15) is 13.2 Å². The summed E-state index contributed by atoms with van der Waals surface area (Å²) in [6.07, 6.45) is 0.306. The molecule has 0 saturated carbocycles. The molecule has 0 aliphatic carbocycles. The third-order valence-corrected chi connectivity index (χ3v) is 5.07. The fourth-order valence-electron chi connectivity index (χ4n) is 3.75. The van der Waals surface area contributed by atoms with Crippen LogP contribution >= 0.6 is 0 Å². The van der Waals surface area contributed by atoms with Gasteiger partial charge in [0.25, 0.3) is 0 Å². The maximum absolute atomic E-state index is 12.6. The van der Waals surface area contributed by atoms with Crippen LogP contribution in [0, 0.1) is 5.92 Å². The fourth-order valence-corrected chi connectivity index (χ4v) is 3.75. The van der Waals surface area contributed by atoms with Gasteiger partial charge in [-0.25, -0.2) is 0 Å². The Morgan fingerprint density at radius 1 is 1.36 bits per heavy atom. The van der Waals surface area contributed by atoms with Crippen molar-refractivity contribution in [3.63, 3.8) is 0 Å². The van der Waals surface area contributed by atoms with Crippen LogP contribution in [0.25, 0.3) is 0 Å². The monoisotopic (exact) mass is 402 g/mol. The lowest BCUT2D eigenvalue weighted by molar-refractivity contribution is -0.143. The molecule has 1 N–H and O–H groups in total. The number of likely N-dealkylation sites (tertiary alicyclic amines) is 1. The molecule has 1 aromatic heterocycles. The molecule has 2 unspecified atom stereocenters. The van der Waals surface area contributed by atoms with Gasteiger partial charge in [0.1, 0.15) is 6.10 Å². The Bertz CT molecular complexity index is 662. The van der Waals surface area contributed by atoms with Crippen molar-refractivity contribution < 1.29 is 17.9 Å². The standard InChI is InChI=1S/C18H29F3N6O/c1-3-22-17(23-8-14-4-5-26(10-14)13-18(19,20)21)27-6-7-28-16(12-27)15-9-24-25(2)11-15/h9,11,14,16H,3-8,10,12-13H2,1-2H3,(H,22,23). The van der Waals surface area contributed by atoms with E-state index in [0.717, 1.165) is 31.0 Å². The molecule has 10 heteroatoms. The zero-order valence-corrected chi connectivity index (χ0v) is 16.5. The summed E-state index contributed by atoms with van der Waals surface area (Å²) >= 11 is 0. The molecule has 7 nitrogen and oxygen atoms in total. The number of halogens is 3. The first-order valence-electron chi connectivity index (χ1n) is 9.76. The lowest BCUT2D eigenvalue weighted by Crippen LogP contribution is -2.48. The van der Waals surface area contributed by atoms with Gasteiger partial charge in [0, 0.05) is 45.0 Å². The lowest BCUT2D eigenvalue weighted by Gasteiger charge is -2.35. The Labute approximate surface area is 163 Å². The second-order valence-corrected chi connectivity index (χ2v) is 7.45. The van der Waals surface area contributed by atoms with Crippen molar-refractivity contribution in [1.29, 1.82) is 0 Å². The molecule has 2 atom stereocenters. The van der Waals surface area contributed by atoms with Crippen molar-refractivity contribution in [2.75, 3.05) is 52.4 Å². The van der Waals surface area contributed by atoms with E-state index in [1.807, 2.05) is 26.4 Å². The van der Waals surface area contributed by atoms with E-state index in [1.54, 1.807) is 4.68 Å². The number of hydrogen-bond acceptors (Lipinski definition) is 4. The number of rotatable bonds is 5. The zero-order valence-electron chi connectivity index (χ0n) is 16.5. The SMILES string of the molecule is CCNC(=NCC1CCN(CC(F)(F)F)C1)N1CCOC(c2cnn(C)c2)C1. The van der Waals surface area contributed by atoms with E-state index >= 15 is 0 Å². The molecule has 0 aromatic carbocycles. The van der Waals surface area contributed by atoms with Crippen LogP contribution in [0.1, 0.15) is 25.0 Å². The van der Waals surface area contributed by atoms with Crippen molar-refractivity contribution >= 4 is 5.96 Å². The van der Waals surface area contributed by atoms with E-state index in [1.165, 1.54) is 4.90 Å². The van der Waals surface area contributed by atoms with Crippen LogP contribution in [0.2, 0.25) is 0 Å². The molecule has 2 aliphatic rings.